The first kappa shape index (κ1) is 23.0. The number of hydrogen-bond acceptors (Lipinski definition) is 5. The van der Waals surface area contributed by atoms with E-state index in [0.29, 0.717) is 19.4 Å². The zero-order valence-electron chi connectivity index (χ0n) is 18.9. The Hall–Kier alpha value is -2.16. The van der Waals surface area contributed by atoms with Gasteiger partial charge in [-0.15, -0.1) is 0 Å². The number of aryl methyl sites for hydroxylation is 1. The summed E-state index contributed by atoms with van der Waals surface area (Å²) in [5.74, 6) is -1.42. The molecular formula is C23H31F3N4O2. The molecule has 6 nitrogen and oxygen atoms in total. The van der Waals surface area contributed by atoms with Gasteiger partial charge >= 0.3 is 12.1 Å². The molecule has 1 aliphatic carbocycles. The third kappa shape index (κ3) is 4.63. The lowest BCUT2D eigenvalue weighted by Gasteiger charge is -2.40. The first-order chi connectivity index (χ1) is 15.1. The van der Waals surface area contributed by atoms with Gasteiger partial charge in [-0.25, -0.2) is 9.50 Å². The van der Waals surface area contributed by atoms with Gasteiger partial charge in [0.15, 0.2) is 5.65 Å². The van der Waals surface area contributed by atoms with Crippen molar-refractivity contribution in [3.63, 3.8) is 0 Å². The van der Waals surface area contributed by atoms with Gasteiger partial charge in [0.2, 0.25) is 0 Å². The highest BCUT2D eigenvalue weighted by Gasteiger charge is 2.42. The summed E-state index contributed by atoms with van der Waals surface area (Å²) in [5, 5.41) is 4.85. The summed E-state index contributed by atoms with van der Waals surface area (Å²) < 4.78 is 45.9. The lowest BCUT2D eigenvalue weighted by Crippen LogP contribution is -2.47. The average Bonchev–Trinajstić information content (AvgIpc) is 3.16. The predicted molar refractivity (Wildman–Crippen MR) is 114 cm³/mol. The summed E-state index contributed by atoms with van der Waals surface area (Å²) in [6.07, 6.45) is -0.912. The first-order valence-electron chi connectivity index (χ1n) is 11.3. The minimum absolute atomic E-state index is 0.0263. The van der Waals surface area contributed by atoms with Crippen LogP contribution in [0.5, 0.6) is 0 Å². The van der Waals surface area contributed by atoms with E-state index in [1.807, 2.05) is 23.6 Å². The Labute approximate surface area is 186 Å². The Morgan fingerprint density at radius 3 is 2.62 bits per heavy atom. The number of rotatable bonds is 4. The fourth-order valence-corrected chi connectivity index (χ4v) is 5.40. The van der Waals surface area contributed by atoms with Crippen molar-refractivity contribution in [2.75, 3.05) is 26.7 Å². The molecule has 176 valence electrons. The molecule has 0 radical (unpaired) electrons. The number of ether oxygens (including phenoxy) is 1. The van der Waals surface area contributed by atoms with Crippen molar-refractivity contribution in [3.8, 4) is 0 Å². The summed E-state index contributed by atoms with van der Waals surface area (Å²) in [6, 6.07) is 3.99. The largest absolute Gasteiger partial charge is 0.468 e. The molecule has 2 aromatic rings. The molecular weight excluding hydrogens is 421 g/mol. The number of halogens is 3. The number of aromatic nitrogens is 3. The number of carbonyl (C=O) groups excluding carboxylic acids is 1. The van der Waals surface area contributed by atoms with Gasteiger partial charge in [0, 0.05) is 29.6 Å². The van der Waals surface area contributed by atoms with Crippen LogP contribution in [-0.2, 0) is 14.9 Å². The molecule has 0 N–H and O–H groups in total. The maximum absolute atomic E-state index is 13.1. The third-order valence-electron chi connectivity index (χ3n) is 7.16. The Kier molecular flexibility index (Phi) is 6.22. The predicted octanol–water partition coefficient (Wildman–Crippen LogP) is 4.40. The molecule has 1 saturated heterocycles. The number of nitrogens with zero attached hydrogens (tertiary/aromatic N) is 4. The van der Waals surface area contributed by atoms with Crippen LogP contribution < -0.4 is 0 Å². The highest BCUT2D eigenvalue weighted by atomic mass is 19.4. The van der Waals surface area contributed by atoms with Crippen LogP contribution >= 0.6 is 0 Å². The van der Waals surface area contributed by atoms with Crippen LogP contribution in [0.3, 0.4) is 0 Å². The molecule has 0 unspecified atom stereocenters. The monoisotopic (exact) mass is 452 g/mol. The number of likely N-dealkylation sites (tertiary alicyclic amines) is 1. The van der Waals surface area contributed by atoms with Crippen LogP contribution in [0.1, 0.15) is 68.4 Å². The van der Waals surface area contributed by atoms with E-state index in [0.717, 1.165) is 42.1 Å². The minimum Gasteiger partial charge on any atom is -0.468 e. The number of methoxy groups -OCH3 is 1. The van der Waals surface area contributed by atoms with Crippen molar-refractivity contribution >= 4 is 11.6 Å². The van der Waals surface area contributed by atoms with Gasteiger partial charge in [0.25, 0.3) is 0 Å². The molecule has 0 spiro atoms. The zero-order valence-corrected chi connectivity index (χ0v) is 18.9. The molecule has 0 bridgehead atoms. The number of hydrogen-bond donors (Lipinski definition) is 0. The molecule has 2 aliphatic rings. The van der Waals surface area contributed by atoms with Crippen molar-refractivity contribution in [3.05, 3.63) is 29.2 Å². The summed E-state index contributed by atoms with van der Waals surface area (Å²) in [6.45, 7) is 5.92. The molecule has 9 heteroatoms. The molecule has 1 atom stereocenters. The second kappa shape index (κ2) is 8.65. The average molecular weight is 453 g/mol. The molecule has 0 aromatic carbocycles. The molecule has 4 rings (SSSR count). The second-order valence-corrected chi connectivity index (χ2v) is 9.66. The van der Waals surface area contributed by atoms with E-state index < -0.39 is 12.1 Å². The second-order valence-electron chi connectivity index (χ2n) is 9.66. The maximum Gasteiger partial charge on any atom is 0.391 e. The normalized spacial score (nSPS) is 27.6. The molecule has 0 amide bonds. The van der Waals surface area contributed by atoms with Crippen LogP contribution in [-0.4, -0.2) is 58.4 Å². The lowest BCUT2D eigenvalue weighted by molar-refractivity contribution is -0.182. The molecule has 2 aromatic heterocycles. The Bertz CT molecular complexity index is 982. The summed E-state index contributed by atoms with van der Waals surface area (Å²) in [5.41, 5.74) is 3.25. The zero-order chi connectivity index (χ0) is 23.1. The van der Waals surface area contributed by atoms with Crippen molar-refractivity contribution in [2.24, 2.45) is 5.92 Å². The smallest absolute Gasteiger partial charge is 0.391 e. The lowest BCUT2D eigenvalue weighted by atomic mass is 9.78. The number of piperidine rings is 1. The molecule has 1 aliphatic heterocycles. The molecule has 3 heterocycles. The van der Waals surface area contributed by atoms with Gasteiger partial charge in [-0.1, -0.05) is 6.92 Å². The number of fused-ring (bicyclic) bond motifs is 1. The van der Waals surface area contributed by atoms with Crippen molar-refractivity contribution in [2.45, 2.75) is 69.9 Å². The fourth-order valence-electron chi connectivity index (χ4n) is 5.40. The van der Waals surface area contributed by atoms with E-state index in [4.69, 9.17) is 9.84 Å². The number of esters is 1. The van der Waals surface area contributed by atoms with E-state index >= 15 is 0 Å². The van der Waals surface area contributed by atoms with Crippen molar-refractivity contribution in [1.29, 1.82) is 0 Å². The van der Waals surface area contributed by atoms with E-state index in [1.54, 1.807) is 0 Å². The summed E-state index contributed by atoms with van der Waals surface area (Å²) in [4.78, 5) is 18.6. The molecule has 2 fully saturated rings. The first-order valence-corrected chi connectivity index (χ1v) is 11.3. The van der Waals surface area contributed by atoms with Gasteiger partial charge < -0.3 is 4.74 Å². The van der Waals surface area contributed by atoms with Gasteiger partial charge in [0.05, 0.1) is 31.0 Å². The van der Waals surface area contributed by atoms with E-state index in [-0.39, 0.29) is 36.7 Å². The van der Waals surface area contributed by atoms with Crippen LogP contribution in [0, 0.1) is 12.8 Å². The van der Waals surface area contributed by atoms with Crippen molar-refractivity contribution in [1.82, 2.24) is 19.5 Å². The fraction of sp³-hybridized carbons (Fsp3) is 0.696. The minimum atomic E-state index is -4.11. The Morgan fingerprint density at radius 2 is 1.97 bits per heavy atom. The van der Waals surface area contributed by atoms with E-state index in [1.165, 1.54) is 7.11 Å². The van der Waals surface area contributed by atoms with Crippen LogP contribution in [0.4, 0.5) is 13.2 Å². The van der Waals surface area contributed by atoms with E-state index in [2.05, 4.69) is 16.8 Å². The molecule has 32 heavy (non-hydrogen) atoms. The van der Waals surface area contributed by atoms with Crippen LogP contribution in [0.15, 0.2) is 12.1 Å². The van der Waals surface area contributed by atoms with Crippen LogP contribution in [0.2, 0.25) is 0 Å². The number of carbonyl (C=O) groups is 1. The van der Waals surface area contributed by atoms with Gasteiger partial charge in [-0.05, 0) is 58.1 Å². The van der Waals surface area contributed by atoms with Crippen LogP contribution in [0.25, 0.3) is 5.65 Å². The maximum atomic E-state index is 13.1. The highest BCUT2D eigenvalue weighted by molar-refractivity contribution is 5.71. The number of alkyl halides is 3. The Morgan fingerprint density at radius 1 is 1.25 bits per heavy atom. The summed E-state index contributed by atoms with van der Waals surface area (Å²) in [7, 11) is 1.40. The topological polar surface area (TPSA) is 59.7 Å². The van der Waals surface area contributed by atoms with Gasteiger partial charge in [-0.3, -0.25) is 9.69 Å². The summed E-state index contributed by atoms with van der Waals surface area (Å²) >= 11 is 0. The third-order valence-corrected chi connectivity index (χ3v) is 7.16. The van der Waals surface area contributed by atoms with Crippen molar-refractivity contribution < 1.29 is 22.7 Å². The molecule has 1 saturated carbocycles. The van der Waals surface area contributed by atoms with Gasteiger partial charge in [0.1, 0.15) is 0 Å². The highest BCUT2D eigenvalue weighted by Crippen LogP contribution is 2.43. The standard InChI is InChI=1S/C23H31F3N4O2/c1-15-11-19(22(2)9-4-10-29(14-22)13-21(31)32-3)30-20(27-15)12-18(28-30)16-5-7-17(8-6-16)23(24,25)26/h11-12,16-17H,4-10,13-14H2,1-3H3/t16?,17?,22-/m1/s1. The quantitative estimate of drug-likeness (QED) is 0.644. The van der Waals surface area contributed by atoms with E-state index in [9.17, 15) is 18.0 Å². The van der Waals surface area contributed by atoms with Gasteiger partial charge in [-0.2, -0.15) is 18.3 Å². The Balaban J connectivity index is 1.61. The SMILES string of the molecule is COC(=O)CN1CCC[C@@](C)(c2cc(C)nc3cc(C4CCC(C(F)(F)F)CC4)nn23)C1.